The molecule has 0 saturated carbocycles. The highest BCUT2D eigenvalue weighted by atomic mass is 35.5. The summed E-state index contributed by atoms with van der Waals surface area (Å²) in [5, 5.41) is 11.3. The highest BCUT2D eigenvalue weighted by Gasteiger charge is 2.48. The minimum atomic E-state index is -4.54. The number of fused-ring (bicyclic) bond motifs is 1. The molecule has 0 spiro atoms. The molecule has 10 heteroatoms. The lowest BCUT2D eigenvalue weighted by Crippen LogP contribution is -2.35. The van der Waals surface area contributed by atoms with Gasteiger partial charge in [0.15, 0.2) is 11.7 Å². The van der Waals surface area contributed by atoms with Gasteiger partial charge in [0.05, 0.1) is 6.04 Å². The van der Waals surface area contributed by atoms with Crippen molar-refractivity contribution < 1.29 is 18.0 Å². The lowest BCUT2D eigenvalue weighted by Gasteiger charge is -2.32. The van der Waals surface area contributed by atoms with E-state index in [1.165, 1.54) is 11.3 Å². The van der Waals surface area contributed by atoms with Gasteiger partial charge in [0, 0.05) is 17.0 Å². The van der Waals surface area contributed by atoms with E-state index >= 15 is 0 Å². The minimum absolute atomic E-state index is 0.00452. The molecule has 0 fully saturated rings. The largest absolute Gasteiger partial charge is 0.410 e. The molecule has 1 aliphatic heterocycles. The minimum Gasteiger partial charge on any atom is -0.361 e. The van der Waals surface area contributed by atoms with E-state index < -0.39 is 24.2 Å². The molecule has 30 heavy (non-hydrogen) atoms. The predicted octanol–water partition coefficient (Wildman–Crippen LogP) is 6.07. The molecule has 3 heterocycles. The third-order valence-electron chi connectivity index (χ3n) is 5.02. The predicted molar refractivity (Wildman–Crippen MR) is 111 cm³/mol. The van der Waals surface area contributed by atoms with E-state index in [4.69, 9.17) is 11.6 Å². The number of nitrogens with one attached hydrogen (secondary N) is 2. The second kappa shape index (κ2) is 7.96. The molecular weight excluding hydrogens is 437 g/mol. The Bertz CT molecular complexity index is 1050. The van der Waals surface area contributed by atoms with Crippen LogP contribution in [0.4, 0.5) is 24.7 Å². The molecule has 2 N–H and O–H groups in total. The summed E-state index contributed by atoms with van der Waals surface area (Å²) in [6.45, 7) is 2.01. The zero-order chi connectivity index (χ0) is 21.5. The summed E-state index contributed by atoms with van der Waals surface area (Å²) < 4.78 is 42.1. The number of hydrogen-bond donors (Lipinski definition) is 2. The molecule has 1 amide bonds. The average molecular weight is 455 g/mol. The second-order valence-corrected chi connectivity index (χ2v) is 8.32. The van der Waals surface area contributed by atoms with Gasteiger partial charge < -0.3 is 10.6 Å². The topological polar surface area (TPSA) is 59.0 Å². The van der Waals surface area contributed by atoms with E-state index in [1.807, 2.05) is 19.1 Å². The fourth-order valence-electron chi connectivity index (χ4n) is 3.42. The highest BCUT2D eigenvalue weighted by Crippen LogP contribution is 2.46. The number of amides is 1. The number of carbonyl (C=O) groups is 1. The Balaban J connectivity index is 1.66. The summed E-state index contributed by atoms with van der Waals surface area (Å²) in [4.78, 5) is 13.5. The average Bonchev–Trinajstić information content (AvgIpc) is 3.36. The van der Waals surface area contributed by atoms with E-state index in [0.717, 1.165) is 21.5 Å². The number of aromatic nitrogens is 2. The lowest BCUT2D eigenvalue weighted by molar-refractivity contribution is -0.173. The molecule has 1 aromatic carbocycles. The standard InChI is InChI=1S/C20H18ClF3N4OS/c1-2-11-5-7-12(8-6-11)25-19(29)17-16(21)18-26-13(14-4-3-9-30-14)10-15(20(22,23)24)28(18)27-17/h3-9,13,15,26H,2,10H2,1H3,(H,25,29)/t13-,15-/m0/s1. The first-order valence-electron chi connectivity index (χ1n) is 9.33. The Morgan fingerprint density at radius 2 is 2.07 bits per heavy atom. The Labute approximate surface area is 179 Å². The van der Waals surface area contributed by atoms with Crippen LogP contribution < -0.4 is 10.6 Å². The highest BCUT2D eigenvalue weighted by molar-refractivity contribution is 7.10. The van der Waals surface area contributed by atoms with Crippen molar-refractivity contribution in [2.75, 3.05) is 10.6 Å². The zero-order valence-corrected chi connectivity index (χ0v) is 17.4. The summed E-state index contributed by atoms with van der Waals surface area (Å²) in [5.41, 5.74) is 1.36. The van der Waals surface area contributed by atoms with Crippen LogP contribution in [0.25, 0.3) is 0 Å². The van der Waals surface area contributed by atoms with Gasteiger partial charge in [0.2, 0.25) is 0 Å². The maximum atomic E-state index is 13.8. The van der Waals surface area contributed by atoms with Gasteiger partial charge >= 0.3 is 6.18 Å². The summed E-state index contributed by atoms with van der Waals surface area (Å²) >= 11 is 7.68. The molecule has 3 aromatic rings. The maximum absolute atomic E-state index is 13.8. The Hall–Kier alpha value is -2.52. The lowest BCUT2D eigenvalue weighted by atomic mass is 10.0. The Kier molecular flexibility index (Phi) is 5.50. The van der Waals surface area contributed by atoms with Crippen LogP contribution in [-0.2, 0) is 6.42 Å². The first-order valence-corrected chi connectivity index (χ1v) is 10.6. The fraction of sp³-hybridized carbons (Fsp3) is 0.300. The number of aryl methyl sites for hydroxylation is 1. The number of halogens is 4. The number of benzene rings is 1. The van der Waals surface area contributed by atoms with E-state index in [0.29, 0.717) is 5.69 Å². The molecule has 158 valence electrons. The molecule has 0 radical (unpaired) electrons. The van der Waals surface area contributed by atoms with Gasteiger partial charge in [0.25, 0.3) is 5.91 Å². The van der Waals surface area contributed by atoms with Crippen molar-refractivity contribution in [3.8, 4) is 0 Å². The number of thiophene rings is 1. The summed E-state index contributed by atoms with van der Waals surface area (Å²) in [6.07, 6.45) is -3.93. The number of carbonyl (C=O) groups excluding carboxylic acids is 1. The van der Waals surface area contributed by atoms with Crippen LogP contribution in [0.15, 0.2) is 41.8 Å². The molecule has 2 aromatic heterocycles. The van der Waals surface area contributed by atoms with Crippen LogP contribution in [0.1, 0.15) is 46.4 Å². The molecule has 2 atom stereocenters. The van der Waals surface area contributed by atoms with Crippen LogP contribution in [0.2, 0.25) is 5.02 Å². The number of rotatable bonds is 4. The van der Waals surface area contributed by atoms with E-state index in [-0.39, 0.29) is 23.0 Å². The van der Waals surface area contributed by atoms with Crippen molar-refractivity contribution in [3.63, 3.8) is 0 Å². The monoisotopic (exact) mass is 454 g/mol. The van der Waals surface area contributed by atoms with Crippen LogP contribution in [-0.4, -0.2) is 21.9 Å². The van der Waals surface area contributed by atoms with Gasteiger partial charge in [0.1, 0.15) is 10.8 Å². The van der Waals surface area contributed by atoms with Gasteiger partial charge in [-0.15, -0.1) is 11.3 Å². The number of anilines is 2. The van der Waals surface area contributed by atoms with Crippen molar-refractivity contribution in [1.29, 1.82) is 0 Å². The van der Waals surface area contributed by atoms with Crippen molar-refractivity contribution in [3.05, 3.63) is 62.9 Å². The maximum Gasteiger partial charge on any atom is 0.410 e. The van der Waals surface area contributed by atoms with Gasteiger partial charge in [-0.25, -0.2) is 4.68 Å². The fourth-order valence-corrected chi connectivity index (χ4v) is 4.48. The zero-order valence-electron chi connectivity index (χ0n) is 15.8. The van der Waals surface area contributed by atoms with Crippen LogP contribution in [0.5, 0.6) is 0 Å². The molecule has 0 saturated heterocycles. The van der Waals surface area contributed by atoms with E-state index in [2.05, 4.69) is 15.7 Å². The third kappa shape index (κ3) is 3.91. The summed E-state index contributed by atoms with van der Waals surface area (Å²) in [6, 6.07) is 8.27. The van der Waals surface area contributed by atoms with Crippen molar-refractivity contribution in [2.24, 2.45) is 0 Å². The molecule has 0 aliphatic carbocycles. The number of nitrogens with zero attached hydrogens (tertiary/aromatic N) is 2. The van der Waals surface area contributed by atoms with Crippen LogP contribution in [0.3, 0.4) is 0 Å². The van der Waals surface area contributed by atoms with E-state index in [1.54, 1.807) is 29.6 Å². The third-order valence-corrected chi connectivity index (χ3v) is 6.36. The molecular formula is C20H18ClF3N4OS. The second-order valence-electron chi connectivity index (χ2n) is 6.97. The molecule has 0 bridgehead atoms. The van der Waals surface area contributed by atoms with Gasteiger partial charge in [-0.3, -0.25) is 4.79 Å². The SMILES string of the molecule is CCc1ccc(NC(=O)c2nn3c(c2Cl)N[C@H](c2cccs2)C[C@H]3C(F)(F)F)cc1. The smallest absolute Gasteiger partial charge is 0.361 e. The van der Waals surface area contributed by atoms with Crippen molar-refractivity contribution in [2.45, 2.75) is 38.0 Å². The number of hydrogen-bond acceptors (Lipinski definition) is 4. The van der Waals surface area contributed by atoms with Gasteiger partial charge in [-0.2, -0.15) is 18.3 Å². The van der Waals surface area contributed by atoms with Crippen LogP contribution in [0, 0.1) is 0 Å². The Morgan fingerprint density at radius 3 is 2.67 bits per heavy atom. The Morgan fingerprint density at radius 1 is 1.33 bits per heavy atom. The van der Waals surface area contributed by atoms with Crippen molar-refractivity contribution in [1.82, 2.24) is 9.78 Å². The summed E-state index contributed by atoms with van der Waals surface area (Å²) in [7, 11) is 0. The van der Waals surface area contributed by atoms with Gasteiger partial charge in [-0.1, -0.05) is 36.7 Å². The quantitative estimate of drug-likeness (QED) is 0.502. The van der Waals surface area contributed by atoms with Crippen LogP contribution >= 0.6 is 22.9 Å². The van der Waals surface area contributed by atoms with Gasteiger partial charge in [-0.05, 0) is 35.6 Å². The molecule has 1 aliphatic rings. The normalized spacial score (nSPS) is 18.6. The first kappa shape index (κ1) is 20.7. The first-order chi connectivity index (χ1) is 14.3. The molecule has 5 nitrogen and oxygen atoms in total. The molecule has 4 rings (SSSR count). The van der Waals surface area contributed by atoms with E-state index in [9.17, 15) is 18.0 Å². The van der Waals surface area contributed by atoms with Crippen molar-refractivity contribution >= 4 is 40.4 Å². The molecule has 0 unspecified atom stereocenters. The summed E-state index contributed by atoms with van der Waals surface area (Å²) in [5.74, 6) is -0.670. The number of alkyl halides is 3.